The van der Waals surface area contributed by atoms with Gasteiger partial charge in [-0.1, -0.05) is 24.3 Å². The number of hydrogen-bond donors (Lipinski definition) is 1. The Labute approximate surface area is 157 Å². The molecule has 2 unspecified atom stereocenters. The van der Waals surface area contributed by atoms with Gasteiger partial charge < -0.3 is 10.2 Å². The van der Waals surface area contributed by atoms with Crippen LogP contribution in [0.5, 0.6) is 0 Å². The summed E-state index contributed by atoms with van der Waals surface area (Å²) in [7, 11) is 1.63. The Morgan fingerprint density at radius 2 is 1.96 bits per heavy atom. The topological polar surface area (TPSA) is 49.4 Å². The smallest absolute Gasteiger partial charge is 0.227 e. The van der Waals surface area contributed by atoms with E-state index in [-0.39, 0.29) is 24.2 Å². The molecular formula is C21H22F2N2O2. The SMILES string of the molecule is CC(c1ccc(F)c(F)c1)N(C)C(=O)CCC1Cc2ccccc2NC1=O. The number of nitrogens with zero attached hydrogens (tertiary/aromatic N) is 1. The van der Waals surface area contributed by atoms with Gasteiger partial charge in [-0.3, -0.25) is 9.59 Å². The number of anilines is 1. The molecule has 0 aromatic heterocycles. The van der Waals surface area contributed by atoms with Crippen molar-refractivity contribution in [1.82, 2.24) is 4.90 Å². The Bertz CT molecular complexity index is 869. The Morgan fingerprint density at radius 1 is 1.22 bits per heavy atom. The van der Waals surface area contributed by atoms with Crippen molar-refractivity contribution >= 4 is 17.5 Å². The van der Waals surface area contributed by atoms with Gasteiger partial charge in [0.1, 0.15) is 0 Å². The second-order valence-electron chi connectivity index (χ2n) is 6.94. The van der Waals surface area contributed by atoms with Crippen molar-refractivity contribution < 1.29 is 18.4 Å². The lowest BCUT2D eigenvalue weighted by Gasteiger charge is -2.28. The van der Waals surface area contributed by atoms with Gasteiger partial charge in [0.2, 0.25) is 11.8 Å². The molecule has 142 valence electrons. The highest BCUT2D eigenvalue weighted by Crippen LogP contribution is 2.28. The van der Waals surface area contributed by atoms with E-state index in [1.54, 1.807) is 14.0 Å². The fourth-order valence-corrected chi connectivity index (χ4v) is 3.33. The van der Waals surface area contributed by atoms with Crippen LogP contribution in [0.1, 0.15) is 36.9 Å². The normalized spacial score (nSPS) is 17.0. The van der Waals surface area contributed by atoms with Crippen molar-refractivity contribution in [2.24, 2.45) is 5.92 Å². The Balaban J connectivity index is 1.60. The van der Waals surface area contributed by atoms with Crippen LogP contribution in [0.3, 0.4) is 0 Å². The second kappa shape index (κ2) is 7.86. The van der Waals surface area contributed by atoms with Crippen molar-refractivity contribution in [3.63, 3.8) is 0 Å². The van der Waals surface area contributed by atoms with Crippen LogP contribution in [0.25, 0.3) is 0 Å². The van der Waals surface area contributed by atoms with Gasteiger partial charge >= 0.3 is 0 Å². The molecule has 0 saturated heterocycles. The average Bonchev–Trinajstić information content (AvgIpc) is 2.67. The standard InChI is InChI=1S/C21H22F2N2O2/c1-13(14-7-9-17(22)18(23)12-14)25(2)20(26)10-8-16-11-15-5-3-4-6-19(15)24-21(16)27/h3-7,9,12-13,16H,8,10-11H2,1-2H3,(H,24,27). The van der Waals surface area contributed by atoms with Crippen LogP contribution in [0.4, 0.5) is 14.5 Å². The zero-order valence-electron chi connectivity index (χ0n) is 15.3. The molecule has 0 fully saturated rings. The number of halogens is 2. The minimum absolute atomic E-state index is 0.0715. The molecule has 1 aliphatic heterocycles. The molecule has 2 amide bonds. The molecule has 0 radical (unpaired) electrons. The van der Waals surface area contributed by atoms with Crippen molar-refractivity contribution in [2.45, 2.75) is 32.2 Å². The first kappa shape index (κ1) is 19.0. The molecule has 6 heteroatoms. The number of carbonyl (C=O) groups excluding carboxylic acids is 2. The summed E-state index contributed by atoms with van der Waals surface area (Å²) in [4.78, 5) is 26.3. The Hall–Kier alpha value is -2.76. The summed E-state index contributed by atoms with van der Waals surface area (Å²) in [6.45, 7) is 1.76. The fourth-order valence-electron chi connectivity index (χ4n) is 3.33. The average molecular weight is 372 g/mol. The van der Waals surface area contributed by atoms with E-state index in [0.717, 1.165) is 23.4 Å². The maximum atomic E-state index is 13.4. The van der Waals surface area contributed by atoms with Crippen molar-refractivity contribution in [3.8, 4) is 0 Å². The first-order valence-corrected chi connectivity index (χ1v) is 8.96. The Morgan fingerprint density at radius 3 is 2.70 bits per heavy atom. The molecule has 2 atom stereocenters. The molecule has 2 aromatic carbocycles. The number of benzene rings is 2. The largest absolute Gasteiger partial charge is 0.339 e. The summed E-state index contributed by atoms with van der Waals surface area (Å²) in [6.07, 6.45) is 1.26. The Kier molecular flexibility index (Phi) is 5.54. The van der Waals surface area contributed by atoms with Crippen LogP contribution >= 0.6 is 0 Å². The molecule has 3 rings (SSSR count). The summed E-state index contributed by atoms with van der Waals surface area (Å²) < 4.78 is 26.5. The molecule has 0 bridgehead atoms. The molecule has 1 aliphatic rings. The highest BCUT2D eigenvalue weighted by Gasteiger charge is 2.27. The molecule has 0 spiro atoms. The maximum Gasteiger partial charge on any atom is 0.227 e. The number of fused-ring (bicyclic) bond motifs is 1. The van der Waals surface area contributed by atoms with E-state index in [0.29, 0.717) is 18.4 Å². The first-order valence-electron chi connectivity index (χ1n) is 8.96. The summed E-state index contributed by atoms with van der Waals surface area (Å²) in [5.74, 6) is -2.31. The van der Waals surface area contributed by atoms with Crippen LogP contribution in [0, 0.1) is 17.6 Å². The number of nitrogens with one attached hydrogen (secondary N) is 1. The summed E-state index contributed by atoms with van der Waals surface area (Å²) in [5.41, 5.74) is 2.42. The van der Waals surface area contributed by atoms with E-state index in [1.807, 2.05) is 24.3 Å². The summed E-state index contributed by atoms with van der Waals surface area (Å²) >= 11 is 0. The highest BCUT2D eigenvalue weighted by molar-refractivity contribution is 5.96. The number of carbonyl (C=O) groups is 2. The zero-order valence-corrected chi connectivity index (χ0v) is 15.3. The molecule has 4 nitrogen and oxygen atoms in total. The van der Waals surface area contributed by atoms with E-state index < -0.39 is 17.7 Å². The molecule has 0 saturated carbocycles. The lowest BCUT2D eigenvalue weighted by Crippen LogP contribution is -2.33. The van der Waals surface area contributed by atoms with Crippen LogP contribution in [-0.2, 0) is 16.0 Å². The van der Waals surface area contributed by atoms with Gasteiger partial charge in [-0.15, -0.1) is 0 Å². The second-order valence-corrected chi connectivity index (χ2v) is 6.94. The monoisotopic (exact) mass is 372 g/mol. The van der Waals surface area contributed by atoms with Gasteiger partial charge in [-0.2, -0.15) is 0 Å². The van der Waals surface area contributed by atoms with E-state index in [1.165, 1.54) is 11.0 Å². The molecule has 2 aromatic rings. The summed E-state index contributed by atoms with van der Waals surface area (Å²) in [5, 5.41) is 2.88. The third-order valence-corrected chi connectivity index (χ3v) is 5.22. The third kappa shape index (κ3) is 4.15. The third-order valence-electron chi connectivity index (χ3n) is 5.22. The minimum Gasteiger partial charge on any atom is -0.339 e. The zero-order chi connectivity index (χ0) is 19.6. The van der Waals surface area contributed by atoms with Gasteiger partial charge in [0.05, 0.1) is 6.04 Å². The molecule has 1 N–H and O–H groups in total. The van der Waals surface area contributed by atoms with Crippen LogP contribution in [0.15, 0.2) is 42.5 Å². The predicted molar refractivity (Wildman–Crippen MR) is 99.0 cm³/mol. The number of rotatable bonds is 5. The van der Waals surface area contributed by atoms with Gasteiger partial charge in [0, 0.05) is 25.1 Å². The maximum absolute atomic E-state index is 13.4. The summed E-state index contributed by atoms with van der Waals surface area (Å²) in [6, 6.07) is 10.9. The molecular weight excluding hydrogens is 350 g/mol. The van der Waals surface area contributed by atoms with Gasteiger partial charge in [0.25, 0.3) is 0 Å². The van der Waals surface area contributed by atoms with Crippen LogP contribution in [0.2, 0.25) is 0 Å². The van der Waals surface area contributed by atoms with E-state index in [9.17, 15) is 18.4 Å². The number of amides is 2. The van der Waals surface area contributed by atoms with Crippen molar-refractivity contribution in [3.05, 3.63) is 65.2 Å². The van der Waals surface area contributed by atoms with E-state index in [4.69, 9.17) is 0 Å². The van der Waals surface area contributed by atoms with E-state index in [2.05, 4.69) is 5.32 Å². The molecule has 27 heavy (non-hydrogen) atoms. The number of para-hydroxylation sites is 1. The lowest BCUT2D eigenvalue weighted by molar-refractivity contribution is -0.132. The van der Waals surface area contributed by atoms with Gasteiger partial charge in [-0.25, -0.2) is 8.78 Å². The van der Waals surface area contributed by atoms with E-state index >= 15 is 0 Å². The van der Waals surface area contributed by atoms with Gasteiger partial charge in [-0.05, 0) is 49.1 Å². The minimum atomic E-state index is -0.933. The first-order chi connectivity index (χ1) is 12.9. The highest BCUT2D eigenvalue weighted by atomic mass is 19.2. The fraction of sp³-hybridized carbons (Fsp3) is 0.333. The molecule has 1 heterocycles. The molecule has 0 aliphatic carbocycles. The van der Waals surface area contributed by atoms with Crippen LogP contribution < -0.4 is 5.32 Å². The van der Waals surface area contributed by atoms with Crippen LogP contribution in [-0.4, -0.2) is 23.8 Å². The number of hydrogen-bond acceptors (Lipinski definition) is 2. The lowest BCUT2D eigenvalue weighted by atomic mass is 9.89. The van der Waals surface area contributed by atoms with Gasteiger partial charge in [0.15, 0.2) is 11.6 Å². The van der Waals surface area contributed by atoms with Crippen molar-refractivity contribution in [1.29, 1.82) is 0 Å². The quantitative estimate of drug-likeness (QED) is 0.860. The predicted octanol–water partition coefficient (Wildman–Crippen LogP) is 4.08. The van der Waals surface area contributed by atoms with Crippen molar-refractivity contribution in [2.75, 3.05) is 12.4 Å².